The molecule has 0 heterocycles. The van der Waals surface area contributed by atoms with Crippen molar-refractivity contribution in [2.75, 3.05) is 14.1 Å². The van der Waals surface area contributed by atoms with Crippen LogP contribution in [0.4, 0.5) is 0 Å². The van der Waals surface area contributed by atoms with E-state index < -0.39 is 52.3 Å². The molecule has 0 bridgehead atoms. The number of ether oxygens (including phenoxy) is 2. The lowest BCUT2D eigenvalue weighted by Crippen LogP contribution is -2.64. The van der Waals surface area contributed by atoms with Crippen LogP contribution in [0.2, 0.25) is 0 Å². The average molecular weight is 595 g/mol. The molecule has 0 aliphatic heterocycles. The van der Waals surface area contributed by atoms with Gasteiger partial charge in [0, 0.05) is 11.5 Å². The van der Waals surface area contributed by atoms with Crippen LogP contribution in [0.25, 0.3) is 0 Å². The molecule has 9 heteroatoms. The fourth-order valence-corrected chi connectivity index (χ4v) is 6.89. The molecule has 0 radical (unpaired) electrons. The zero-order valence-electron chi connectivity index (χ0n) is 24.5. The normalized spacial score (nSPS) is 24.5. The number of amides is 1. The maximum Gasteiger partial charge on any atom is 0.255 e. The fourth-order valence-electron chi connectivity index (χ4n) is 6.89. The van der Waals surface area contributed by atoms with Crippen molar-refractivity contribution in [1.29, 1.82) is 0 Å². The van der Waals surface area contributed by atoms with Crippen molar-refractivity contribution in [1.82, 2.24) is 4.90 Å². The number of Topliss-reactive ketones (excluding diaryl/α,β-unsaturated/α-hetero) is 2. The molecular formula is C35H34N2O7. The highest BCUT2D eigenvalue weighted by atomic mass is 16.5. The first-order valence-electron chi connectivity index (χ1n) is 14.5. The van der Waals surface area contributed by atoms with Gasteiger partial charge in [-0.2, -0.15) is 0 Å². The molecule has 0 fully saturated rings. The number of benzene rings is 3. The van der Waals surface area contributed by atoms with Crippen molar-refractivity contribution in [2.24, 2.45) is 17.6 Å². The fraction of sp³-hybridized carbons (Fsp3) is 0.286. The van der Waals surface area contributed by atoms with E-state index in [0.29, 0.717) is 12.2 Å². The summed E-state index contributed by atoms with van der Waals surface area (Å²) in [6.45, 7) is 0.288. The van der Waals surface area contributed by atoms with Crippen molar-refractivity contribution in [3.05, 3.63) is 124 Å². The number of nitrogens with two attached hydrogens (primary N) is 1. The van der Waals surface area contributed by atoms with Gasteiger partial charge in [-0.15, -0.1) is 0 Å². The number of likely N-dealkylation sites (N-methyl/N-ethyl adjacent to an activating group) is 1. The van der Waals surface area contributed by atoms with Crippen LogP contribution in [0.3, 0.4) is 0 Å². The first-order chi connectivity index (χ1) is 21.1. The zero-order valence-corrected chi connectivity index (χ0v) is 24.5. The lowest BCUT2D eigenvalue weighted by molar-refractivity contribution is -0.149. The van der Waals surface area contributed by atoms with Gasteiger partial charge in [-0.05, 0) is 55.6 Å². The summed E-state index contributed by atoms with van der Waals surface area (Å²) in [6, 6.07) is 23.3. The molecule has 3 aromatic carbocycles. The van der Waals surface area contributed by atoms with Crippen LogP contribution >= 0.6 is 0 Å². The van der Waals surface area contributed by atoms with Crippen LogP contribution in [-0.4, -0.2) is 58.3 Å². The number of allylic oxidation sites excluding steroid dienone is 1. The number of hydrogen-bond donors (Lipinski definition) is 3. The highest BCUT2D eigenvalue weighted by molar-refractivity contribution is 6.24. The number of aliphatic hydroxyl groups excluding tert-OH is 1. The molecule has 0 aromatic heterocycles. The molecule has 0 saturated carbocycles. The smallest absolute Gasteiger partial charge is 0.255 e. The summed E-state index contributed by atoms with van der Waals surface area (Å²) in [6.07, 6.45) is 0.561. The highest BCUT2D eigenvalue weighted by Gasteiger charge is 2.63. The van der Waals surface area contributed by atoms with Gasteiger partial charge in [0.05, 0.1) is 11.6 Å². The van der Waals surface area contributed by atoms with Gasteiger partial charge in [-0.25, -0.2) is 0 Å². The van der Waals surface area contributed by atoms with Gasteiger partial charge in [0.1, 0.15) is 36.1 Å². The molecule has 4 N–H and O–H groups in total. The van der Waals surface area contributed by atoms with Crippen molar-refractivity contribution in [3.63, 3.8) is 0 Å². The standard InChI is InChI=1S/C35H34N2O7/c1-37(2)29-24-17-23-16-22-14-9-15-25(43-18-20-10-5-3-6-11-20)26(22)30(38)27(23)32(39)35(24,42)33(40)28(34(36)41)31(29)44-19-21-12-7-4-8-13-21/h3-15,23-24,29,39,42H,16-19H2,1-2H3,(H2,36,41)/t23-,24-,29-,35+/m0/s1. The van der Waals surface area contributed by atoms with Gasteiger partial charge in [0.15, 0.2) is 11.4 Å². The summed E-state index contributed by atoms with van der Waals surface area (Å²) < 4.78 is 12.2. The minimum Gasteiger partial charge on any atom is -0.508 e. The molecule has 0 spiro atoms. The number of carbonyl (C=O) groups is 3. The third-order valence-corrected chi connectivity index (χ3v) is 8.90. The van der Waals surface area contributed by atoms with Crippen LogP contribution in [0.15, 0.2) is 102 Å². The van der Waals surface area contributed by atoms with E-state index in [1.54, 1.807) is 25.1 Å². The van der Waals surface area contributed by atoms with E-state index in [1.807, 2.05) is 72.8 Å². The molecule has 0 saturated heterocycles. The SMILES string of the molecule is CN(C)[C@@H]1C(OCc2ccccc2)=C(C(N)=O)C(=O)[C@]2(O)C(O)=C3C(=O)c4c(cccc4OCc4ccccc4)C[C@H]3C[C@@H]12. The quantitative estimate of drug-likeness (QED) is 0.336. The first-order valence-corrected chi connectivity index (χ1v) is 14.5. The number of ketones is 2. The van der Waals surface area contributed by atoms with E-state index in [-0.39, 0.29) is 36.5 Å². The van der Waals surface area contributed by atoms with Crippen molar-refractivity contribution < 1.29 is 34.1 Å². The first kappa shape index (κ1) is 29.3. The molecule has 1 amide bonds. The molecule has 9 nitrogen and oxygen atoms in total. The minimum atomic E-state index is -2.56. The van der Waals surface area contributed by atoms with Crippen molar-refractivity contribution in [3.8, 4) is 5.75 Å². The van der Waals surface area contributed by atoms with E-state index in [1.165, 1.54) is 0 Å². The second-order valence-electron chi connectivity index (χ2n) is 11.8. The van der Waals surface area contributed by atoms with E-state index in [0.717, 1.165) is 16.7 Å². The summed E-state index contributed by atoms with van der Waals surface area (Å²) in [4.78, 5) is 42.7. The summed E-state index contributed by atoms with van der Waals surface area (Å²) in [7, 11) is 3.47. The van der Waals surface area contributed by atoms with Gasteiger partial charge in [0.2, 0.25) is 5.78 Å². The predicted octanol–water partition coefficient (Wildman–Crippen LogP) is 3.65. The Morgan fingerprint density at radius 1 is 0.932 bits per heavy atom. The van der Waals surface area contributed by atoms with Crippen molar-refractivity contribution >= 4 is 17.5 Å². The van der Waals surface area contributed by atoms with Gasteiger partial charge in [-0.1, -0.05) is 72.8 Å². The van der Waals surface area contributed by atoms with Gasteiger partial charge >= 0.3 is 0 Å². The summed E-state index contributed by atoms with van der Waals surface area (Å²) in [5.41, 5.74) is 5.36. The molecule has 3 aliphatic rings. The van der Waals surface area contributed by atoms with Crippen LogP contribution in [-0.2, 0) is 34.0 Å². The van der Waals surface area contributed by atoms with Crippen molar-refractivity contribution in [2.45, 2.75) is 37.7 Å². The Morgan fingerprint density at radius 3 is 2.14 bits per heavy atom. The molecule has 44 heavy (non-hydrogen) atoms. The molecule has 0 unspecified atom stereocenters. The van der Waals surface area contributed by atoms with Gasteiger partial charge < -0.3 is 25.4 Å². The maximum atomic E-state index is 14.1. The Kier molecular flexibility index (Phi) is 7.61. The third kappa shape index (κ3) is 4.78. The van der Waals surface area contributed by atoms with E-state index in [2.05, 4.69) is 0 Å². The Labute approximate surface area is 255 Å². The molecule has 6 rings (SSSR count). The molecule has 226 valence electrons. The predicted molar refractivity (Wildman–Crippen MR) is 161 cm³/mol. The number of hydrogen-bond acceptors (Lipinski definition) is 8. The Morgan fingerprint density at radius 2 is 1.55 bits per heavy atom. The monoisotopic (exact) mass is 594 g/mol. The number of primary amides is 1. The largest absolute Gasteiger partial charge is 0.508 e. The van der Waals surface area contributed by atoms with Crippen LogP contribution in [0.1, 0.15) is 33.5 Å². The van der Waals surface area contributed by atoms with Crippen LogP contribution in [0.5, 0.6) is 5.75 Å². The lowest BCUT2D eigenvalue weighted by Gasteiger charge is -2.50. The Bertz CT molecular complexity index is 1700. The second-order valence-corrected chi connectivity index (χ2v) is 11.8. The number of rotatable bonds is 8. The maximum absolute atomic E-state index is 14.1. The van der Waals surface area contributed by atoms with Gasteiger partial charge in [0.25, 0.3) is 5.91 Å². The van der Waals surface area contributed by atoms with E-state index >= 15 is 0 Å². The molecule has 3 aromatic rings. The van der Waals surface area contributed by atoms with E-state index in [4.69, 9.17) is 15.2 Å². The summed E-state index contributed by atoms with van der Waals surface area (Å²) >= 11 is 0. The summed E-state index contributed by atoms with van der Waals surface area (Å²) in [5, 5.41) is 23.9. The molecular weight excluding hydrogens is 560 g/mol. The number of nitrogens with zero attached hydrogens (tertiary/aromatic N) is 1. The van der Waals surface area contributed by atoms with Crippen LogP contribution in [0, 0.1) is 11.8 Å². The topological polar surface area (TPSA) is 139 Å². The molecule has 3 aliphatic carbocycles. The number of carbonyl (C=O) groups excluding carboxylic acids is 3. The number of aliphatic hydroxyl groups is 2. The van der Waals surface area contributed by atoms with Crippen LogP contribution < -0.4 is 10.5 Å². The lowest BCUT2D eigenvalue weighted by atomic mass is 9.58. The summed E-state index contributed by atoms with van der Waals surface area (Å²) in [5.74, 6) is -4.47. The van der Waals surface area contributed by atoms with Gasteiger partial charge in [-0.3, -0.25) is 19.3 Å². The number of fused-ring (bicyclic) bond motifs is 3. The second kappa shape index (κ2) is 11.4. The minimum absolute atomic E-state index is 0.0430. The van der Waals surface area contributed by atoms with E-state index in [9.17, 15) is 24.6 Å². The zero-order chi connectivity index (χ0) is 31.2. The average Bonchev–Trinajstić information content (AvgIpc) is 3.01. The Hall–Kier alpha value is -4.73. The Balaban J connectivity index is 1.42. The highest BCUT2D eigenvalue weighted by Crippen LogP contribution is 2.52. The molecule has 4 atom stereocenters. The third-order valence-electron chi connectivity index (χ3n) is 8.90.